The lowest BCUT2D eigenvalue weighted by atomic mass is 10.3. The number of nitrogens with zero attached hydrogens (tertiary/aromatic N) is 3. The van der Waals surface area contributed by atoms with Crippen LogP contribution in [-0.2, 0) is 9.53 Å². The summed E-state index contributed by atoms with van der Waals surface area (Å²) in [5, 5.41) is 16.1. The molecule has 0 radical (unpaired) electrons. The van der Waals surface area contributed by atoms with E-state index >= 15 is 0 Å². The van der Waals surface area contributed by atoms with Crippen LogP contribution in [0.15, 0.2) is 30.3 Å². The Morgan fingerprint density at radius 1 is 1.37 bits per heavy atom. The molecule has 0 aliphatic carbocycles. The SMILES string of the molecule is Cc1nn(-c2ccc(F)cc2)c2sc(C(=O)OCC(=O)NCCC#N)cc12. The number of aryl methyl sites for hydroxylation is 1. The fourth-order valence-corrected chi connectivity index (χ4v) is 3.49. The molecule has 0 aliphatic heterocycles. The Labute approximate surface area is 158 Å². The van der Waals surface area contributed by atoms with Crippen LogP contribution in [0.2, 0.25) is 0 Å². The topological polar surface area (TPSA) is 97.0 Å². The second-order valence-electron chi connectivity index (χ2n) is 5.64. The number of halogens is 1. The highest BCUT2D eigenvalue weighted by molar-refractivity contribution is 7.20. The Balaban J connectivity index is 1.76. The summed E-state index contributed by atoms with van der Waals surface area (Å²) in [6.45, 7) is 1.61. The summed E-state index contributed by atoms with van der Waals surface area (Å²) in [6, 6.07) is 9.45. The Morgan fingerprint density at radius 3 is 2.81 bits per heavy atom. The van der Waals surface area contributed by atoms with Crippen LogP contribution in [0, 0.1) is 24.1 Å². The highest BCUT2D eigenvalue weighted by Crippen LogP contribution is 2.30. The lowest BCUT2D eigenvalue weighted by Gasteiger charge is -2.04. The van der Waals surface area contributed by atoms with E-state index in [0.29, 0.717) is 10.6 Å². The summed E-state index contributed by atoms with van der Waals surface area (Å²) in [7, 11) is 0. The zero-order valence-electron chi connectivity index (χ0n) is 14.4. The van der Waals surface area contributed by atoms with E-state index in [4.69, 9.17) is 10.00 Å². The van der Waals surface area contributed by atoms with Gasteiger partial charge in [0.1, 0.15) is 15.5 Å². The van der Waals surface area contributed by atoms with Gasteiger partial charge in [-0.05, 0) is 37.3 Å². The van der Waals surface area contributed by atoms with Crippen molar-refractivity contribution in [2.24, 2.45) is 0 Å². The molecule has 1 amide bonds. The van der Waals surface area contributed by atoms with E-state index in [-0.39, 0.29) is 18.8 Å². The summed E-state index contributed by atoms with van der Waals surface area (Å²) < 4.78 is 19.8. The van der Waals surface area contributed by atoms with Gasteiger partial charge in [-0.3, -0.25) is 4.79 Å². The summed E-state index contributed by atoms with van der Waals surface area (Å²) in [5.41, 5.74) is 1.40. The highest BCUT2D eigenvalue weighted by atomic mass is 32.1. The fourth-order valence-electron chi connectivity index (χ4n) is 2.42. The van der Waals surface area contributed by atoms with E-state index in [0.717, 1.165) is 15.9 Å². The van der Waals surface area contributed by atoms with Gasteiger partial charge in [0.2, 0.25) is 0 Å². The number of carbonyl (C=O) groups is 2. The van der Waals surface area contributed by atoms with Gasteiger partial charge < -0.3 is 10.1 Å². The van der Waals surface area contributed by atoms with Crippen LogP contribution in [-0.4, -0.2) is 34.8 Å². The molecule has 2 aromatic heterocycles. The van der Waals surface area contributed by atoms with Gasteiger partial charge in [-0.2, -0.15) is 10.4 Å². The van der Waals surface area contributed by atoms with Crippen molar-refractivity contribution >= 4 is 33.4 Å². The number of ether oxygens (including phenoxy) is 1. The molecule has 3 aromatic rings. The number of amides is 1. The van der Waals surface area contributed by atoms with Crippen LogP contribution in [0.3, 0.4) is 0 Å². The van der Waals surface area contributed by atoms with E-state index < -0.39 is 18.5 Å². The van der Waals surface area contributed by atoms with Crippen LogP contribution < -0.4 is 5.32 Å². The van der Waals surface area contributed by atoms with Gasteiger partial charge in [-0.25, -0.2) is 13.9 Å². The Morgan fingerprint density at radius 2 is 2.11 bits per heavy atom. The quantitative estimate of drug-likeness (QED) is 0.519. The van der Waals surface area contributed by atoms with Crippen molar-refractivity contribution in [3.05, 3.63) is 46.7 Å². The number of hydrogen-bond acceptors (Lipinski definition) is 6. The lowest BCUT2D eigenvalue weighted by molar-refractivity contribution is -0.124. The van der Waals surface area contributed by atoms with Gasteiger partial charge in [0.15, 0.2) is 6.61 Å². The van der Waals surface area contributed by atoms with Crippen molar-refractivity contribution in [3.8, 4) is 11.8 Å². The molecule has 1 N–H and O–H groups in total. The van der Waals surface area contributed by atoms with E-state index in [1.165, 1.54) is 23.5 Å². The zero-order chi connectivity index (χ0) is 19.4. The normalized spacial score (nSPS) is 10.6. The molecular weight excluding hydrogens is 371 g/mol. The minimum Gasteiger partial charge on any atom is -0.451 e. The molecule has 3 rings (SSSR count). The molecular formula is C18H15FN4O3S. The van der Waals surface area contributed by atoms with E-state index in [9.17, 15) is 14.0 Å². The Bertz CT molecular complexity index is 1030. The molecule has 0 spiro atoms. The Hall–Kier alpha value is -3.25. The monoisotopic (exact) mass is 386 g/mol. The molecule has 0 saturated carbocycles. The summed E-state index contributed by atoms with van der Waals surface area (Å²) >= 11 is 1.18. The first-order valence-corrected chi connectivity index (χ1v) is 8.87. The third kappa shape index (κ3) is 4.12. The number of hydrogen-bond donors (Lipinski definition) is 1. The number of aromatic nitrogens is 2. The van der Waals surface area contributed by atoms with Crippen LogP contribution in [0.25, 0.3) is 15.9 Å². The summed E-state index contributed by atoms with van der Waals surface area (Å²) in [6.07, 6.45) is 0.190. The smallest absolute Gasteiger partial charge is 0.348 e. The molecule has 9 heteroatoms. The van der Waals surface area contributed by atoms with Crippen molar-refractivity contribution < 1.29 is 18.7 Å². The molecule has 0 bridgehead atoms. The second-order valence-corrected chi connectivity index (χ2v) is 6.67. The van der Waals surface area contributed by atoms with E-state index in [2.05, 4.69) is 10.4 Å². The maximum atomic E-state index is 13.1. The van der Waals surface area contributed by atoms with Crippen molar-refractivity contribution in [1.29, 1.82) is 5.26 Å². The first-order valence-electron chi connectivity index (χ1n) is 8.05. The first-order chi connectivity index (χ1) is 13.0. The number of esters is 1. The number of nitriles is 1. The molecule has 0 fully saturated rings. The maximum Gasteiger partial charge on any atom is 0.348 e. The van der Waals surface area contributed by atoms with Gasteiger partial charge in [0.05, 0.1) is 23.9 Å². The van der Waals surface area contributed by atoms with Crippen LogP contribution in [0.1, 0.15) is 21.8 Å². The van der Waals surface area contributed by atoms with Gasteiger partial charge in [-0.1, -0.05) is 0 Å². The van der Waals surface area contributed by atoms with Crippen LogP contribution in [0.4, 0.5) is 4.39 Å². The zero-order valence-corrected chi connectivity index (χ0v) is 15.2. The number of carbonyl (C=O) groups excluding carboxylic acids is 2. The predicted octanol–water partition coefficient (Wildman–Crippen LogP) is 2.72. The van der Waals surface area contributed by atoms with Crippen LogP contribution in [0.5, 0.6) is 0 Å². The number of thiophene rings is 1. The molecule has 0 atom stereocenters. The number of rotatable bonds is 6. The largest absolute Gasteiger partial charge is 0.451 e. The minimum absolute atomic E-state index is 0.190. The summed E-state index contributed by atoms with van der Waals surface area (Å²) in [5.74, 6) is -1.42. The van der Waals surface area contributed by atoms with Crippen molar-refractivity contribution in [1.82, 2.24) is 15.1 Å². The van der Waals surface area contributed by atoms with Gasteiger partial charge >= 0.3 is 5.97 Å². The van der Waals surface area contributed by atoms with Gasteiger partial charge in [0.25, 0.3) is 5.91 Å². The number of benzene rings is 1. The predicted molar refractivity (Wildman–Crippen MR) is 97.2 cm³/mol. The summed E-state index contributed by atoms with van der Waals surface area (Å²) in [4.78, 5) is 24.8. The van der Waals surface area contributed by atoms with E-state index in [1.807, 2.05) is 13.0 Å². The molecule has 0 aliphatic rings. The molecule has 0 saturated heterocycles. The fraction of sp³-hybridized carbons (Fsp3) is 0.222. The third-order valence-electron chi connectivity index (χ3n) is 3.71. The van der Waals surface area contributed by atoms with Crippen molar-refractivity contribution in [2.75, 3.05) is 13.2 Å². The average molecular weight is 386 g/mol. The number of fused-ring (bicyclic) bond motifs is 1. The molecule has 138 valence electrons. The maximum absolute atomic E-state index is 13.1. The Kier molecular flexibility index (Phi) is 5.47. The third-order valence-corrected chi connectivity index (χ3v) is 4.80. The van der Waals surface area contributed by atoms with Gasteiger partial charge in [0, 0.05) is 11.9 Å². The average Bonchev–Trinajstić information content (AvgIpc) is 3.22. The number of nitrogens with one attached hydrogen (secondary N) is 1. The molecule has 0 unspecified atom stereocenters. The lowest BCUT2D eigenvalue weighted by Crippen LogP contribution is -2.29. The van der Waals surface area contributed by atoms with Crippen molar-refractivity contribution in [2.45, 2.75) is 13.3 Å². The molecule has 7 nitrogen and oxygen atoms in total. The van der Waals surface area contributed by atoms with Crippen molar-refractivity contribution in [3.63, 3.8) is 0 Å². The standard InChI is InChI=1S/C18H15FN4O3S/c1-11-14-9-15(18(25)26-10-16(24)21-8-2-7-20)27-17(14)23(22-11)13-5-3-12(19)4-6-13/h3-6,9H,2,8,10H2,1H3,(H,21,24). The van der Waals surface area contributed by atoms with E-state index in [1.54, 1.807) is 22.9 Å². The second kappa shape index (κ2) is 7.97. The first kappa shape index (κ1) is 18.5. The molecule has 27 heavy (non-hydrogen) atoms. The minimum atomic E-state index is -0.614. The van der Waals surface area contributed by atoms with Crippen LogP contribution >= 0.6 is 11.3 Å². The molecule has 1 aromatic carbocycles. The van der Waals surface area contributed by atoms with Gasteiger partial charge in [-0.15, -0.1) is 11.3 Å². The molecule has 2 heterocycles. The highest BCUT2D eigenvalue weighted by Gasteiger charge is 2.19.